The van der Waals surface area contributed by atoms with E-state index in [0.717, 1.165) is 13.0 Å². The van der Waals surface area contributed by atoms with E-state index in [0.29, 0.717) is 18.0 Å². The second-order valence-corrected chi connectivity index (χ2v) is 3.03. The maximum absolute atomic E-state index is 11.1. The Labute approximate surface area is 77.4 Å². The van der Waals surface area contributed by atoms with Crippen LogP contribution in [0.5, 0.6) is 0 Å². The molecule has 72 valence electrons. The van der Waals surface area contributed by atoms with Crippen LogP contribution in [0, 0.1) is 0 Å². The molecule has 13 heavy (non-hydrogen) atoms. The number of aliphatic hydroxyl groups excluding tert-OH is 1. The minimum absolute atomic E-state index is 0.0284. The highest BCUT2D eigenvalue weighted by Gasteiger charge is 2.16. The van der Waals surface area contributed by atoms with E-state index in [9.17, 15) is 9.90 Å². The van der Waals surface area contributed by atoms with Crippen LogP contribution in [-0.2, 0) is 4.79 Å². The summed E-state index contributed by atoms with van der Waals surface area (Å²) < 4.78 is 0. The van der Waals surface area contributed by atoms with Crippen LogP contribution in [0.3, 0.4) is 0 Å². The van der Waals surface area contributed by atoms with Crippen molar-refractivity contribution >= 4 is 11.6 Å². The molecule has 0 unspecified atom stereocenters. The van der Waals surface area contributed by atoms with Crippen LogP contribution in [0.25, 0.3) is 0 Å². The molecule has 0 radical (unpaired) electrons. The number of Topliss-reactive ketones (excluding diaryl/α,β-unsaturated/α-hetero) is 1. The largest absolute Gasteiger partial charge is 0.512 e. The topological polar surface area (TPSA) is 61.7 Å². The molecular weight excluding hydrogens is 168 g/mol. The van der Waals surface area contributed by atoms with Gasteiger partial charge < -0.3 is 10.4 Å². The summed E-state index contributed by atoms with van der Waals surface area (Å²) in [6, 6.07) is 0. The normalized spacial score (nSPS) is 18.5. The fourth-order valence-electron chi connectivity index (χ4n) is 1.29. The van der Waals surface area contributed by atoms with Gasteiger partial charge in [0.2, 0.25) is 0 Å². The van der Waals surface area contributed by atoms with Crippen LogP contribution in [0.4, 0.5) is 0 Å². The monoisotopic (exact) mass is 182 g/mol. The fraction of sp³-hybridized carbons (Fsp3) is 0.556. The second kappa shape index (κ2) is 4.07. The molecule has 1 heterocycles. The Morgan fingerprint density at radius 3 is 2.62 bits per heavy atom. The van der Waals surface area contributed by atoms with Crippen LogP contribution in [0.2, 0.25) is 0 Å². The third-order valence-electron chi connectivity index (χ3n) is 1.85. The molecule has 0 amide bonds. The van der Waals surface area contributed by atoms with Crippen molar-refractivity contribution in [3.05, 3.63) is 11.3 Å². The van der Waals surface area contributed by atoms with E-state index < -0.39 is 0 Å². The predicted octanol–water partition coefficient (Wildman–Crippen LogP) is 0.799. The van der Waals surface area contributed by atoms with E-state index in [1.807, 2.05) is 0 Å². The van der Waals surface area contributed by atoms with Gasteiger partial charge in [0, 0.05) is 13.1 Å². The molecule has 1 rings (SSSR count). The van der Waals surface area contributed by atoms with Gasteiger partial charge in [0.15, 0.2) is 5.78 Å². The van der Waals surface area contributed by atoms with Crippen molar-refractivity contribution in [1.82, 2.24) is 5.32 Å². The van der Waals surface area contributed by atoms with Gasteiger partial charge in [-0.3, -0.25) is 9.79 Å². The minimum atomic E-state index is -0.159. The van der Waals surface area contributed by atoms with Crippen molar-refractivity contribution in [2.75, 3.05) is 13.1 Å². The van der Waals surface area contributed by atoms with E-state index in [1.165, 1.54) is 13.8 Å². The summed E-state index contributed by atoms with van der Waals surface area (Å²) in [5.74, 6) is 0.396. The molecule has 0 saturated heterocycles. The molecule has 0 aliphatic carbocycles. The van der Waals surface area contributed by atoms with Gasteiger partial charge in [0.1, 0.15) is 11.6 Å². The lowest BCUT2D eigenvalue weighted by Gasteiger charge is -2.15. The van der Waals surface area contributed by atoms with Gasteiger partial charge in [0.25, 0.3) is 0 Å². The molecule has 0 aromatic heterocycles. The lowest BCUT2D eigenvalue weighted by Crippen LogP contribution is -2.33. The molecule has 0 aromatic carbocycles. The van der Waals surface area contributed by atoms with Gasteiger partial charge in [-0.2, -0.15) is 0 Å². The number of hydrogen-bond donors (Lipinski definition) is 2. The molecule has 0 fully saturated rings. The molecule has 1 aliphatic rings. The first-order chi connectivity index (χ1) is 6.13. The highest BCUT2D eigenvalue weighted by atomic mass is 16.3. The highest BCUT2D eigenvalue weighted by Crippen LogP contribution is 2.06. The number of ketones is 1. The number of allylic oxidation sites excluding steroid dienone is 1. The number of hydrogen-bond acceptors (Lipinski definition) is 4. The summed E-state index contributed by atoms with van der Waals surface area (Å²) in [5, 5.41) is 12.3. The Kier molecular flexibility index (Phi) is 3.06. The van der Waals surface area contributed by atoms with Crippen molar-refractivity contribution in [3.8, 4) is 0 Å². The average Bonchev–Trinajstić information content (AvgIpc) is 2.04. The molecule has 0 spiro atoms. The standard InChI is InChI=1S/C9H14N2O2/c1-6(12)8(7(2)13)9-10-4-3-5-11-9/h12H,3-5H2,1-2H3,(H,10,11)/b8-6+. The summed E-state index contributed by atoms with van der Waals surface area (Å²) in [5.41, 5.74) is 0.305. The first-order valence-electron chi connectivity index (χ1n) is 4.32. The van der Waals surface area contributed by atoms with Crippen molar-refractivity contribution in [3.63, 3.8) is 0 Å². The van der Waals surface area contributed by atoms with E-state index in [4.69, 9.17) is 0 Å². The summed E-state index contributed by atoms with van der Waals surface area (Å²) in [6.45, 7) is 4.44. The molecule has 0 bridgehead atoms. The van der Waals surface area contributed by atoms with E-state index in [-0.39, 0.29) is 11.5 Å². The third kappa shape index (κ3) is 2.31. The van der Waals surface area contributed by atoms with Crippen molar-refractivity contribution < 1.29 is 9.90 Å². The third-order valence-corrected chi connectivity index (χ3v) is 1.85. The molecule has 4 nitrogen and oxygen atoms in total. The number of nitrogens with one attached hydrogen (secondary N) is 1. The predicted molar refractivity (Wildman–Crippen MR) is 50.9 cm³/mol. The van der Waals surface area contributed by atoms with Gasteiger partial charge in [-0.1, -0.05) is 0 Å². The molecule has 0 atom stereocenters. The SMILES string of the molecule is CC(=O)/C(C1=NCCCN1)=C(/C)O. The number of carbonyl (C=O) groups excluding carboxylic acids is 1. The van der Waals surface area contributed by atoms with Gasteiger partial charge in [0.05, 0.1) is 5.57 Å². The van der Waals surface area contributed by atoms with E-state index in [2.05, 4.69) is 10.3 Å². The van der Waals surface area contributed by atoms with Crippen LogP contribution in [-0.4, -0.2) is 29.8 Å². The van der Waals surface area contributed by atoms with E-state index in [1.54, 1.807) is 0 Å². The second-order valence-electron chi connectivity index (χ2n) is 3.03. The molecule has 2 N–H and O–H groups in total. The van der Waals surface area contributed by atoms with Crippen molar-refractivity contribution in [2.45, 2.75) is 20.3 Å². The summed E-state index contributed by atoms with van der Waals surface area (Å²) in [4.78, 5) is 15.3. The smallest absolute Gasteiger partial charge is 0.166 e. The Bertz CT molecular complexity index is 275. The lowest BCUT2D eigenvalue weighted by atomic mass is 10.1. The maximum atomic E-state index is 11.1. The number of aliphatic hydroxyl groups is 1. The Balaban J connectivity index is 2.95. The van der Waals surface area contributed by atoms with Crippen LogP contribution in [0.15, 0.2) is 16.3 Å². The van der Waals surface area contributed by atoms with Gasteiger partial charge in [-0.25, -0.2) is 0 Å². The van der Waals surface area contributed by atoms with Gasteiger partial charge >= 0.3 is 0 Å². The molecular formula is C9H14N2O2. The van der Waals surface area contributed by atoms with Crippen LogP contribution < -0.4 is 5.32 Å². The zero-order chi connectivity index (χ0) is 9.84. The summed E-state index contributed by atoms with van der Waals surface area (Å²) in [7, 11) is 0. The summed E-state index contributed by atoms with van der Waals surface area (Å²) >= 11 is 0. The van der Waals surface area contributed by atoms with Crippen molar-refractivity contribution in [2.24, 2.45) is 4.99 Å². The Morgan fingerprint density at radius 2 is 2.23 bits per heavy atom. The summed E-state index contributed by atoms with van der Waals surface area (Å²) in [6.07, 6.45) is 0.971. The van der Waals surface area contributed by atoms with E-state index >= 15 is 0 Å². The number of rotatable bonds is 2. The zero-order valence-corrected chi connectivity index (χ0v) is 7.92. The van der Waals surface area contributed by atoms with Crippen molar-refractivity contribution in [1.29, 1.82) is 0 Å². The number of aliphatic imine (C=N–C) groups is 1. The lowest BCUT2D eigenvalue weighted by molar-refractivity contribution is -0.113. The highest BCUT2D eigenvalue weighted by molar-refractivity contribution is 6.21. The Morgan fingerprint density at radius 1 is 1.54 bits per heavy atom. The average molecular weight is 182 g/mol. The number of amidine groups is 1. The fourth-order valence-corrected chi connectivity index (χ4v) is 1.29. The maximum Gasteiger partial charge on any atom is 0.166 e. The first-order valence-corrected chi connectivity index (χ1v) is 4.32. The molecule has 0 saturated carbocycles. The molecule has 0 aromatic rings. The Hall–Kier alpha value is -1.32. The molecule has 1 aliphatic heterocycles. The quantitative estimate of drug-likeness (QED) is 0.490. The minimum Gasteiger partial charge on any atom is -0.512 e. The number of carbonyl (C=O) groups is 1. The van der Waals surface area contributed by atoms with Gasteiger partial charge in [-0.05, 0) is 20.3 Å². The van der Waals surface area contributed by atoms with Crippen LogP contribution in [0.1, 0.15) is 20.3 Å². The zero-order valence-electron chi connectivity index (χ0n) is 7.92. The first kappa shape index (κ1) is 9.77. The molecule has 4 heteroatoms. The number of nitrogens with zero attached hydrogens (tertiary/aromatic N) is 1. The van der Waals surface area contributed by atoms with Gasteiger partial charge in [-0.15, -0.1) is 0 Å². The van der Waals surface area contributed by atoms with Crippen LogP contribution >= 0.6 is 0 Å².